The summed E-state index contributed by atoms with van der Waals surface area (Å²) in [5, 5.41) is 9.45. The number of rotatable bonds is 1. The molecule has 1 aliphatic carbocycles. The Bertz CT molecular complexity index is 779. The van der Waals surface area contributed by atoms with E-state index in [2.05, 4.69) is 11.1 Å². The zero-order valence-electron chi connectivity index (χ0n) is 11.6. The summed E-state index contributed by atoms with van der Waals surface area (Å²) in [6, 6.07) is 12.8. The Balaban J connectivity index is 2.09. The minimum Gasteiger partial charge on any atom is -0.293 e. The fourth-order valence-electron chi connectivity index (χ4n) is 2.86. The van der Waals surface area contributed by atoms with Gasteiger partial charge in [-0.15, -0.1) is 0 Å². The summed E-state index contributed by atoms with van der Waals surface area (Å²) in [6.07, 6.45) is 1.37. The number of hydrogen-bond acceptors (Lipinski definition) is 3. The Morgan fingerprint density at radius 3 is 2.90 bits per heavy atom. The Kier molecular flexibility index (Phi) is 3.27. The number of Topliss-reactive ketones (excluding diaryl/α,β-unsaturated/α-hetero) is 1. The van der Waals surface area contributed by atoms with Gasteiger partial charge in [0, 0.05) is 5.56 Å². The maximum absolute atomic E-state index is 12.9. The van der Waals surface area contributed by atoms with Crippen molar-refractivity contribution in [2.75, 3.05) is 0 Å². The predicted molar refractivity (Wildman–Crippen MR) is 80.4 cm³/mol. The first-order valence-electron chi connectivity index (χ1n) is 6.75. The lowest BCUT2D eigenvalue weighted by Crippen LogP contribution is -2.37. The van der Waals surface area contributed by atoms with Crippen molar-refractivity contribution in [3.05, 3.63) is 63.9 Å². The third kappa shape index (κ3) is 2.22. The van der Waals surface area contributed by atoms with Crippen LogP contribution in [0.1, 0.15) is 40.5 Å². The van der Waals surface area contributed by atoms with Crippen molar-refractivity contribution in [2.24, 2.45) is 0 Å². The average molecular weight is 297 g/mol. The van der Waals surface area contributed by atoms with E-state index in [-0.39, 0.29) is 5.78 Å². The van der Waals surface area contributed by atoms with Crippen molar-refractivity contribution in [2.45, 2.75) is 25.2 Å². The third-order valence-electron chi connectivity index (χ3n) is 4.18. The standard InChI is InChI=1S/C17H13ClN2O/c1-17(12-4-2-3-11(9-12)10-19)8-7-14-13(16(17)21)5-6-15(18)20-14/h2-6,9H,7-8H2,1H3. The molecule has 1 aromatic heterocycles. The Morgan fingerprint density at radius 1 is 1.33 bits per heavy atom. The summed E-state index contributed by atoms with van der Waals surface area (Å²) in [4.78, 5) is 17.1. The van der Waals surface area contributed by atoms with E-state index in [1.54, 1.807) is 24.3 Å². The normalized spacial score (nSPS) is 20.7. The zero-order valence-corrected chi connectivity index (χ0v) is 12.3. The lowest BCUT2D eigenvalue weighted by molar-refractivity contribution is 0.0874. The highest BCUT2D eigenvalue weighted by molar-refractivity contribution is 6.29. The van der Waals surface area contributed by atoms with Gasteiger partial charge in [0.25, 0.3) is 0 Å². The third-order valence-corrected chi connectivity index (χ3v) is 4.39. The summed E-state index contributed by atoms with van der Waals surface area (Å²) < 4.78 is 0. The van der Waals surface area contributed by atoms with Crippen LogP contribution in [-0.4, -0.2) is 10.8 Å². The topological polar surface area (TPSA) is 53.8 Å². The molecule has 0 fully saturated rings. The number of ketones is 1. The smallest absolute Gasteiger partial charge is 0.174 e. The molecule has 1 heterocycles. The van der Waals surface area contributed by atoms with E-state index < -0.39 is 5.41 Å². The second kappa shape index (κ2) is 4.98. The molecule has 1 atom stereocenters. The van der Waals surface area contributed by atoms with E-state index in [0.717, 1.165) is 11.3 Å². The number of pyridine rings is 1. The van der Waals surface area contributed by atoms with Crippen LogP contribution in [-0.2, 0) is 11.8 Å². The Morgan fingerprint density at radius 2 is 2.14 bits per heavy atom. The van der Waals surface area contributed by atoms with E-state index in [9.17, 15) is 4.79 Å². The number of carbonyl (C=O) groups is 1. The van der Waals surface area contributed by atoms with Crippen molar-refractivity contribution in [1.29, 1.82) is 5.26 Å². The first-order chi connectivity index (χ1) is 10.0. The molecule has 1 unspecified atom stereocenters. The SMILES string of the molecule is CC1(c2cccc(C#N)c2)CCc2nc(Cl)ccc2C1=O. The van der Waals surface area contributed by atoms with Crippen LogP contribution in [0.3, 0.4) is 0 Å². The molecule has 0 N–H and O–H groups in total. The number of hydrogen-bond donors (Lipinski definition) is 0. The van der Waals surface area contributed by atoms with Crippen LogP contribution in [0.4, 0.5) is 0 Å². The second-order valence-electron chi connectivity index (χ2n) is 5.48. The quantitative estimate of drug-likeness (QED) is 0.754. The lowest BCUT2D eigenvalue weighted by atomic mass is 9.69. The van der Waals surface area contributed by atoms with E-state index in [0.29, 0.717) is 29.1 Å². The van der Waals surface area contributed by atoms with Crippen molar-refractivity contribution in [3.63, 3.8) is 0 Å². The monoisotopic (exact) mass is 296 g/mol. The summed E-state index contributed by atoms with van der Waals surface area (Å²) >= 11 is 5.89. The molecule has 0 spiro atoms. The molecular weight excluding hydrogens is 284 g/mol. The van der Waals surface area contributed by atoms with E-state index in [1.165, 1.54) is 0 Å². The molecule has 21 heavy (non-hydrogen) atoms. The van der Waals surface area contributed by atoms with Crippen LogP contribution in [0.25, 0.3) is 0 Å². The minimum absolute atomic E-state index is 0.0445. The van der Waals surface area contributed by atoms with Crippen LogP contribution in [0.2, 0.25) is 5.15 Å². The molecule has 0 saturated carbocycles. The fourth-order valence-corrected chi connectivity index (χ4v) is 3.02. The maximum Gasteiger partial charge on any atom is 0.174 e. The van der Waals surface area contributed by atoms with Gasteiger partial charge in [-0.1, -0.05) is 23.7 Å². The van der Waals surface area contributed by atoms with Crippen LogP contribution >= 0.6 is 11.6 Å². The van der Waals surface area contributed by atoms with Crippen LogP contribution in [0.5, 0.6) is 0 Å². The number of nitrogens with zero attached hydrogens (tertiary/aromatic N) is 2. The second-order valence-corrected chi connectivity index (χ2v) is 5.87. The molecule has 104 valence electrons. The van der Waals surface area contributed by atoms with Gasteiger partial charge in [-0.3, -0.25) is 4.79 Å². The summed E-state index contributed by atoms with van der Waals surface area (Å²) in [7, 11) is 0. The number of benzene rings is 1. The van der Waals surface area contributed by atoms with Gasteiger partial charge in [-0.2, -0.15) is 5.26 Å². The summed E-state index contributed by atoms with van der Waals surface area (Å²) in [5.74, 6) is 0.0445. The number of aryl methyl sites for hydroxylation is 1. The molecule has 2 aromatic rings. The molecule has 1 aromatic carbocycles. The summed E-state index contributed by atoms with van der Waals surface area (Å²) in [6.45, 7) is 1.93. The largest absolute Gasteiger partial charge is 0.293 e. The predicted octanol–water partition coefficient (Wildman–Crippen LogP) is 3.69. The van der Waals surface area contributed by atoms with E-state index in [1.807, 2.05) is 19.1 Å². The molecular formula is C17H13ClN2O. The molecule has 0 radical (unpaired) electrons. The number of carbonyl (C=O) groups excluding carboxylic acids is 1. The Labute approximate surface area is 128 Å². The van der Waals surface area contributed by atoms with Crippen LogP contribution < -0.4 is 0 Å². The first kappa shape index (κ1) is 13.8. The van der Waals surface area contributed by atoms with Gasteiger partial charge in [-0.25, -0.2) is 4.98 Å². The molecule has 0 bridgehead atoms. The van der Waals surface area contributed by atoms with Gasteiger partial charge in [0.05, 0.1) is 22.7 Å². The number of halogens is 1. The van der Waals surface area contributed by atoms with Crippen molar-refractivity contribution in [1.82, 2.24) is 4.98 Å². The average Bonchev–Trinajstić information content (AvgIpc) is 2.51. The molecule has 0 saturated heterocycles. The van der Waals surface area contributed by atoms with Gasteiger partial charge < -0.3 is 0 Å². The molecule has 4 heteroatoms. The molecule has 1 aliphatic rings. The molecule has 3 rings (SSSR count). The van der Waals surface area contributed by atoms with Crippen molar-refractivity contribution >= 4 is 17.4 Å². The number of fused-ring (bicyclic) bond motifs is 1. The summed E-state index contributed by atoms with van der Waals surface area (Å²) in [5.41, 5.74) is 2.24. The highest BCUT2D eigenvalue weighted by Crippen LogP contribution is 2.38. The van der Waals surface area contributed by atoms with Gasteiger partial charge in [-0.05, 0) is 49.6 Å². The highest BCUT2D eigenvalue weighted by Gasteiger charge is 2.40. The first-order valence-corrected chi connectivity index (χ1v) is 7.13. The van der Waals surface area contributed by atoms with Gasteiger partial charge in [0.15, 0.2) is 5.78 Å². The van der Waals surface area contributed by atoms with Gasteiger partial charge >= 0.3 is 0 Å². The number of aromatic nitrogens is 1. The molecule has 3 nitrogen and oxygen atoms in total. The lowest BCUT2D eigenvalue weighted by Gasteiger charge is -2.33. The van der Waals surface area contributed by atoms with Crippen LogP contribution in [0, 0.1) is 11.3 Å². The van der Waals surface area contributed by atoms with Gasteiger partial charge in [0.1, 0.15) is 5.15 Å². The van der Waals surface area contributed by atoms with E-state index >= 15 is 0 Å². The Hall–Kier alpha value is -2.18. The van der Waals surface area contributed by atoms with E-state index in [4.69, 9.17) is 16.9 Å². The van der Waals surface area contributed by atoms with Gasteiger partial charge in [0.2, 0.25) is 0 Å². The highest BCUT2D eigenvalue weighted by atomic mass is 35.5. The zero-order chi connectivity index (χ0) is 15.0. The van der Waals surface area contributed by atoms with Crippen molar-refractivity contribution in [3.8, 4) is 6.07 Å². The maximum atomic E-state index is 12.9. The van der Waals surface area contributed by atoms with Crippen molar-refractivity contribution < 1.29 is 4.79 Å². The van der Waals surface area contributed by atoms with Crippen LogP contribution in [0.15, 0.2) is 36.4 Å². The minimum atomic E-state index is -0.616. The fraction of sp³-hybridized carbons (Fsp3) is 0.235. The molecule has 0 amide bonds. The molecule has 0 aliphatic heterocycles. The number of nitriles is 1.